The van der Waals surface area contributed by atoms with Crippen molar-refractivity contribution in [1.29, 1.82) is 0 Å². The molecule has 3 atom stereocenters. The van der Waals surface area contributed by atoms with Gasteiger partial charge in [-0.05, 0) is 20.3 Å². The number of hydrogen-bond donors (Lipinski definition) is 0. The third-order valence-corrected chi connectivity index (χ3v) is 2.98. The van der Waals surface area contributed by atoms with E-state index >= 15 is 0 Å². The maximum atomic E-state index is 11.8. The fraction of sp³-hybridized carbons (Fsp3) is 0.900. The first kappa shape index (κ1) is 12.0. The molecule has 1 amide bonds. The maximum absolute atomic E-state index is 11.8. The molecule has 1 fully saturated rings. The van der Waals surface area contributed by atoms with E-state index in [0.29, 0.717) is 6.61 Å². The second-order valence-electron chi connectivity index (χ2n) is 3.82. The molecule has 3 nitrogen and oxygen atoms in total. The second kappa shape index (κ2) is 5.12. The molecule has 4 heteroatoms. The molecule has 14 heavy (non-hydrogen) atoms. The molecule has 0 aromatic carbocycles. The first-order chi connectivity index (χ1) is 6.56. The Morgan fingerprint density at radius 2 is 2.36 bits per heavy atom. The number of carbonyl (C=O) groups is 1. The molecule has 0 saturated carbocycles. The number of amides is 1. The third kappa shape index (κ3) is 2.70. The maximum Gasteiger partial charge on any atom is 0.236 e. The van der Waals surface area contributed by atoms with Crippen LogP contribution in [0.1, 0.15) is 27.2 Å². The topological polar surface area (TPSA) is 29.5 Å². The molecule has 0 spiro atoms. The predicted octanol–water partition coefficient (Wildman–Crippen LogP) is 1.80. The Labute approximate surface area is 93.9 Å². The molecule has 1 rings (SSSR count). The third-order valence-electron chi connectivity index (χ3n) is 2.58. The Bertz CT molecular complexity index is 208. The number of halogens is 1. The van der Waals surface area contributed by atoms with Gasteiger partial charge in [0.2, 0.25) is 5.91 Å². The van der Waals surface area contributed by atoms with Crippen LogP contribution in [0.15, 0.2) is 0 Å². The molecule has 1 aliphatic rings. The van der Waals surface area contributed by atoms with Crippen LogP contribution in [-0.2, 0) is 9.53 Å². The number of morpholine rings is 1. The molecule has 0 N–H and O–H groups in total. The molecular formula is C10H18BrNO2. The van der Waals surface area contributed by atoms with E-state index in [-0.39, 0.29) is 22.9 Å². The van der Waals surface area contributed by atoms with Crippen molar-refractivity contribution in [3.05, 3.63) is 0 Å². The van der Waals surface area contributed by atoms with Gasteiger partial charge in [0.25, 0.3) is 0 Å². The van der Waals surface area contributed by atoms with Gasteiger partial charge in [0.1, 0.15) is 0 Å². The molecule has 1 heterocycles. The van der Waals surface area contributed by atoms with Gasteiger partial charge in [0.15, 0.2) is 0 Å². The van der Waals surface area contributed by atoms with Crippen LogP contribution in [0.25, 0.3) is 0 Å². The molecular weight excluding hydrogens is 246 g/mol. The fourth-order valence-corrected chi connectivity index (χ4v) is 1.86. The van der Waals surface area contributed by atoms with Crippen LogP contribution >= 0.6 is 15.9 Å². The normalized spacial score (nSPS) is 30.1. The first-order valence-electron chi connectivity index (χ1n) is 5.12. The first-order valence-corrected chi connectivity index (χ1v) is 6.04. The van der Waals surface area contributed by atoms with Crippen LogP contribution in [0.3, 0.4) is 0 Å². The number of carbonyl (C=O) groups excluding carboxylic acids is 1. The molecule has 82 valence electrons. The molecule has 1 saturated heterocycles. The van der Waals surface area contributed by atoms with Gasteiger partial charge < -0.3 is 9.64 Å². The largest absolute Gasteiger partial charge is 0.374 e. The Hall–Kier alpha value is -0.0900. The van der Waals surface area contributed by atoms with Crippen LogP contribution in [0, 0.1) is 0 Å². The van der Waals surface area contributed by atoms with E-state index < -0.39 is 0 Å². The lowest BCUT2D eigenvalue weighted by molar-refractivity contribution is -0.143. The van der Waals surface area contributed by atoms with Crippen LogP contribution in [0.5, 0.6) is 0 Å². The number of nitrogens with zero attached hydrogens (tertiary/aromatic N) is 1. The van der Waals surface area contributed by atoms with Crippen LogP contribution in [0.4, 0.5) is 0 Å². The van der Waals surface area contributed by atoms with E-state index in [1.807, 2.05) is 18.7 Å². The molecule has 0 aromatic heterocycles. The van der Waals surface area contributed by atoms with Gasteiger partial charge in [-0.15, -0.1) is 0 Å². The van der Waals surface area contributed by atoms with Crippen molar-refractivity contribution in [3.8, 4) is 0 Å². The summed E-state index contributed by atoms with van der Waals surface area (Å²) in [5, 5.41) is 0. The van der Waals surface area contributed by atoms with Crippen molar-refractivity contribution in [2.45, 2.75) is 44.2 Å². The minimum Gasteiger partial charge on any atom is -0.374 e. The summed E-state index contributed by atoms with van der Waals surface area (Å²) in [6, 6.07) is 0.199. The smallest absolute Gasteiger partial charge is 0.236 e. The Kier molecular flexibility index (Phi) is 4.38. The molecule has 0 radical (unpaired) electrons. The summed E-state index contributed by atoms with van der Waals surface area (Å²) in [6.45, 7) is 7.36. The van der Waals surface area contributed by atoms with Gasteiger partial charge in [-0.3, -0.25) is 4.79 Å². The number of hydrogen-bond acceptors (Lipinski definition) is 2. The van der Waals surface area contributed by atoms with Crippen molar-refractivity contribution in [1.82, 2.24) is 4.90 Å². The molecule has 0 bridgehead atoms. The zero-order chi connectivity index (χ0) is 10.7. The highest BCUT2D eigenvalue weighted by Gasteiger charge is 2.30. The molecule has 3 unspecified atom stereocenters. The lowest BCUT2D eigenvalue weighted by Gasteiger charge is -2.38. The van der Waals surface area contributed by atoms with Gasteiger partial charge in [0, 0.05) is 6.54 Å². The van der Waals surface area contributed by atoms with Crippen LogP contribution < -0.4 is 0 Å². The van der Waals surface area contributed by atoms with E-state index in [9.17, 15) is 4.79 Å². The van der Waals surface area contributed by atoms with E-state index in [1.54, 1.807) is 0 Å². The fourth-order valence-electron chi connectivity index (χ4n) is 1.60. The Morgan fingerprint density at radius 3 is 2.86 bits per heavy atom. The SMILES string of the molecule is CCC1CN(C(=O)C(C)Br)C(C)CO1. The quantitative estimate of drug-likeness (QED) is 0.712. The highest BCUT2D eigenvalue weighted by Crippen LogP contribution is 2.16. The summed E-state index contributed by atoms with van der Waals surface area (Å²) in [5.41, 5.74) is 0. The minimum absolute atomic E-state index is 0.0967. The van der Waals surface area contributed by atoms with E-state index in [1.165, 1.54) is 0 Å². The van der Waals surface area contributed by atoms with Gasteiger partial charge in [0.05, 0.1) is 23.6 Å². The summed E-state index contributed by atoms with van der Waals surface area (Å²) < 4.78 is 5.59. The summed E-state index contributed by atoms with van der Waals surface area (Å²) in [5.74, 6) is 0.166. The standard InChI is InChI=1S/C10H18BrNO2/c1-4-9-5-12(7(2)6-14-9)10(13)8(3)11/h7-9H,4-6H2,1-3H3. The highest BCUT2D eigenvalue weighted by atomic mass is 79.9. The van der Waals surface area contributed by atoms with Gasteiger partial charge in [-0.2, -0.15) is 0 Å². The minimum atomic E-state index is -0.0967. The number of rotatable bonds is 2. The zero-order valence-corrected chi connectivity index (χ0v) is 10.6. The average Bonchev–Trinajstić information content (AvgIpc) is 2.17. The van der Waals surface area contributed by atoms with Crippen molar-refractivity contribution < 1.29 is 9.53 Å². The van der Waals surface area contributed by atoms with Crippen molar-refractivity contribution in [2.24, 2.45) is 0 Å². The van der Waals surface area contributed by atoms with E-state index in [4.69, 9.17) is 4.74 Å². The van der Waals surface area contributed by atoms with Gasteiger partial charge >= 0.3 is 0 Å². The summed E-state index contributed by atoms with van der Waals surface area (Å²) >= 11 is 3.31. The average molecular weight is 264 g/mol. The lowest BCUT2D eigenvalue weighted by atomic mass is 10.1. The zero-order valence-electron chi connectivity index (χ0n) is 9.00. The van der Waals surface area contributed by atoms with E-state index in [0.717, 1.165) is 13.0 Å². The Morgan fingerprint density at radius 1 is 1.71 bits per heavy atom. The highest BCUT2D eigenvalue weighted by molar-refractivity contribution is 9.10. The monoisotopic (exact) mass is 263 g/mol. The van der Waals surface area contributed by atoms with Gasteiger partial charge in [-0.25, -0.2) is 0 Å². The van der Waals surface area contributed by atoms with Crippen molar-refractivity contribution in [3.63, 3.8) is 0 Å². The second-order valence-corrected chi connectivity index (χ2v) is 5.19. The number of ether oxygens (including phenoxy) is 1. The summed E-state index contributed by atoms with van der Waals surface area (Å²) in [6.07, 6.45) is 1.18. The van der Waals surface area contributed by atoms with E-state index in [2.05, 4.69) is 22.9 Å². The van der Waals surface area contributed by atoms with Gasteiger partial charge in [-0.1, -0.05) is 22.9 Å². The predicted molar refractivity (Wildman–Crippen MR) is 59.6 cm³/mol. The molecule has 0 aromatic rings. The van der Waals surface area contributed by atoms with Crippen molar-refractivity contribution in [2.75, 3.05) is 13.2 Å². The Balaban J connectivity index is 2.60. The van der Waals surface area contributed by atoms with Crippen molar-refractivity contribution >= 4 is 21.8 Å². The van der Waals surface area contributed by atoms with Crippen LogP contribution in [0.2, 0.25) is 0 Å². The summed E-state index contributed by atoms with van der Waals surface area (Å²) in [7, 11) is 0. The molecule has 0 aliphatic carbocycles. The number of alkyl halides is 1. The summed E-state index contributed by atoms with van der Waals surface area (Å²) in [4.78, 5) is 13.6. The molecule has 1 aliphatic heterocycles. The lowest BCUT2D eigenvalue weighted by Crippen LogP contribution is -2.52. The van der Waals surface area contributed by atoms with Crippen LogP contribution in [-0.4, -0.2) is 40.9 Å².